The van der Waals surface area contributed by atoms with Gasteiger partial charge in [-0.25, -0.2) is 0 Å². The van der Waals surface area contributed by atoms with Crippen molar-refractivity contribution in [3.8, 4) is 17.2 Å². The standard InChI is InChI=1S/C23H26N4O6/c1-27(23(29)16-12-17(30-2)20(32-4)18(13-16)31-3)11-10-19-25-22(33-26-19)21(28)24-14-15-8-6-5-7-9-15/h5-9,12-13H,10-11,14H2,1-4H3,(H,24,28). The van der Waals surface area contributed by atoms with Gasteiger partial charge in [0.25, 0.3) is 5.91 Å². The maximum Gasteiger partial charge on any atom is 0.315 e. The Morgan fingerprint density at radius 3 is 2.30 bits per heavy atom. The molecule has 0 aliphatic rings. The number of benzene rings is 2. The summed E-state index contributed by atoms with van der Waals surface area (Å²) in [6.07, 6.45) is 0.308. The van der Waals surface area contributed by atoms with E-state index in [9.17, 15) is 9.59 Å². The van der Waals surface area contributed by atoms with Crippen LogP contribution in [0.3, 0.4) is 0 Å². The average molecular weight is 454 g/mol. The van der Waals surface area contributed by atoms with E-state index in [2.05, 4.69) is 15.5 Å². The molecular formula is C23H26N4O6. The van der Waals surface area contributed by atoms with E-state index in [1.807, 2.05) is 30.3 Å². The van der Waals surface area contributed by atoms with Crippen molar-refractivity contribution < 1.29 is 28.3 Å². The molecule has 0 spiro atoms. The number of aromatic nitrogens is 2. The Balaban J connectivity index is 1.58. The summed E-state index contributed by atoms with van der Waals surface area (Å²) >= 11 is 0. The minimum Gasteiger partial charge on any atom is -0.493 e. The second kappa shape index (κ2) is 11.0. The van der Waals surface area contributed by atoms with E-state index in [1.165, 1.54) is 26.2 Å². The van der Waals surface area contributed by atoms with E-state index in [1.54, 1.807) is 19.2 Å². The lowest BCUT2D eigenvalue weighted by Crippen LogP contribution is -2.29. The number of ether oxygens (including phenoxy) is 3. The number of hydrogen-bond acceptors (Lipinski definition) is 8. The lowest BCUT2D eigenvalue weighted by atomic mass is 10.1. The number of rotatable bonds is 10. The minimum atomic E-state index is -0.459. The molecule has 0 bridgehead atoms. The van der Waals surface area contributed by atoms with Crippen molar-refractivity contribution in [2.24, 2.45) is 0 Å². The zero-order valence-corrected chi connectivity index (χ0v) is 19.0. The second-order valence-corrected chi connectivity index (χ2v) is 7.07. The zero-order valence-electron chi connectivity index (χ0n) is 19.0. The Morgan fingerprint density at radius 2 is 1.70 bits per heavy atom. The first kappa shape index (κ1) is 23.6. The fourth-order valence-corrected chi connectivity index (χ4v) is 3.10. The molecule has 33 heavy (non-hydrogen) atoms. The average Bonchev–Trinajstić information content (AvgIpc) is 3.34. The van der Waals surface area contributed by atoms with E-state index < -0.39 is 5.91 Å². The molecule has 0 aliphatic carbocycles. The lowest BCUT2D eigenvalue weighted by Gasteiger charge is -2.18. The van der Waals surface area contributed by atoms with Crippen LogP contribution in [0, 0.1) is 0 Å². The molecule has 0 atom stereocenters. The first-order valence-corrected chi connectivity index (χ1v) is 10.2. The highest BCUT2D eigenvalue weighted by atomic mass is 16.5. The van der Waals surface area contributed by atoms with Gasteiger partial charge >= 0.3 is 11.8 Å². The van der Waals surface area contributed by atoms with Crippen molar-refractivity contribution in [2.45, 2.75) is 13.0 Å². The Morgan fingerprint density at radius 1 is 1.03 bits per heavy atom. The third-order valence-corrected chi connectivity index (χ3v) is 4.89. The summed E-state index contributed by atoms with van der Waals surface area (Å²) in [6.45, 7) is 0.656. The molecule has 0 saturated carbocycles. The van der Waals surface area contributed by atoms with Crippen LogP contribution < -0.4 is 19.5 Å². The van der Waals surface area contributed by atoms with Gasteiger partial charge in [-0.2, -0.15) is 4.98 Å². The number of hydrogen-bond donors (Lipinski definition) is 1. The van der Waals surface area contributed by atoms with Crippen molar-refractivity contribution in [3.05, 3.63) is 65.3 Å². The molecular weight excluding hydrogens is 428 g/mol. The fraction of sp³-hybridized carbons (Fsp3) is 0.304. The van der Waals surface area contributed by atoms with Gasteiger partial charge in [-0.1, -0.05) is 35.5 Å². The Bertz CT molecular complexity index is 1070. The van der Waals surface area contributed by atoms with Crippen LogP contribution in [0.1, 0.15) is 32.4 Å². The van der Waals surface area contributed by atoms with Crippen LogP contribution in [0.5, 0.6) is 17.2 Å². The summed E-state index contributed by atoms with van der Waals surface area (Å²) in [4.78, 5) is 30.7. The van der Waals surface area contributed by atoms with Crippen LogP contribution in [0.2, 0.25) is 0 Å². The normalized spacial score (nSPS) is 10.4. The minimum absolute atomic E-state index is 0.125. The molecule has 0 unspecified atom stereocenters. The maximum absolute atomic E-state index is 12.9. The predicted octanol–water partition coefficient (Wildman–Crippen LogP) is 2.34. The summed E-state index contributed by atoms with van der Waals surface area (Å²) in [5, 5.41) is 6.56. The van der Waals surface area contributed by atoms with Crippen LogP contribution >= 0.6 is 0 Å². The molecule has 10 nitrogen and oxygen atoms in total. The molecule has 3 aromatic rings. The molecule has 174 valence electrons. The van der Waals surface area contributed by atoms with E-state index in [0.717, 1.165) is 5.56 Å². The van der Waals surface area contributed by atoms with Gasteiger partial charge in [-0.15, -0.1) is 0 Å². The first-order valence-electron chi connectivity index (χ1n) is 10.2. The van der Waals surface area contributed by atoms with Crippen molar-refractivity contribution in [1.82, 2.24) is 20.4 Å². The third-order valence-electron chi connectivity index (χ3n) is 4.89. The Kier molecular flexibility index (Phi) is 7.85. The number of carbonyl (C=O) groups excluding carboxylic acids is 2. The van der Waals surface area contributed by atoms with Crippen LogP contribution in [0.25, 0.3) is 0 Å². The maximum atomic E-state index is 12.9. The molecule has 1 aromatic heterocycles. The smallest absolute Gasteiger partial charge is 0.315 e. The fourth-order valence-electron chi connectivity index (χ4n) is 3.10. The van der Waals surface area contributed by atoms with Gasteiger partial charge in [-0.3, -0.25) is 9.59 Å². The van der Waals surface area contributed by atoms with Crippen molar-refractivity contribution in [2.75, 3.05) is 34.9 Å². The largest absolute Gasteiger partial charge is 0.493 e. The summed E-state index contributed by atoms with van der Waals surface area (Å²) in [6, 6.07) is 12.7. The van der Waals surface area contributed by atoms with E-state index in [4.69, 9.17) is 18.7 Å². The number of likely N-dealkylation sites (N-methyl/N-ethyl adjacent to an activating group) is 1. The SMILES string of the molecule is COc1cc(C(=O)N(C)CCc2noc(C(=O)NCc3ccccc3)n2)cc(OC)c1OC. The van der Waals surface area contributed by atoms with Crippen LogP contribution in [0.15, 0.2) is 47.0 Å². The van der Waals surface area contributed by atoms with Gasteiger partial charge in [0.1, 0.15) is 0 Å². The summed E-state index contributed by atoms with van der Waals surface area (Å²) in [5.74, 6) is 0.668. The number of methoxy groups -OCH3 is 3. The van der Waals surface area contributed by atoms with Crippen LogP contribution in [-0.2, 0) is 13.0 Å². The molecule has 3 rings (SSSR count). The molecule has 2 amide bonds. The number of nitrogens with zero attached hydrogens (tertiary/aromatic N) is 3. The molecule has 1 heterocycles. The van der Waals surface area contributed by atoms with Gasteiger partial charge in [-0.05, 0) is 17.7 Å². The topological polar surface area (TPSA) is 116 Å². The molecule has 10 heteroatoms. The third kappa shape index (κ3) is 5.79. The van der Waals surface area contributed by atoms with Gasteiger partial charge in [0.05, 0.1) is 21.3 Å². The van der Waals surface area contributed by atoms with E-state index in [-0.39, 0.29) is 11.8 Å². The summed E-state index contributed by atoms with van der Waals surface area (Å²) < 4.78 is 21.0. The Hall–Kier alpha value is -4.08. The van der Waals surface area contributed by atoms with Gasteiger partial charge in [0, 0.05) is 32.1 Å². The van der Waals surface area contributed by atoms with Gasteiger partial charge in [0.2, 0.25) is 5.75 Å². The number of carbonyl (C=O) groups is 2. The molecule has 0 aliphatic heterocycles. The highest BCUT2D eigenvalue weighted by Gasteiger charge is 2.20. The van der Waals surface area contributed by atoms with Gasteiger partial charge < -0.3 is 29.0 Å². The summed E-state index contributed by atoms with van der Waals surface area (Å²) in [7, 11) is 6.12. The zero-order chi connectivity index (χ0) is 23.8. The summed E-state index contributed by atoms with van der Waals surface area (Å²) in [5.41, 5.74) is 1.33. The molecule has 0 saturated heterocycles. The highest BCUT2D eigenvalue weighted by molar-refractivity contribution is 5.95. The predicted molar refractivity (Wildman–Crippen MR) is 119 cm³/mol. The Labute approximate surface area is 191 Å². The molecule has 2 aromatic carbocycles. The van der Waals surface area contributed by atoms with Crippen molar-refractivity contribution >= 4 is 11.8 Å². The molecule has 0 fully saturated rings. The highest BCUT2D eigenvalue weighted by Crippen LogP contribution is 2.38. The first-order chi connectivity index (χ1) is 16.0. The van der Waals surface area contributed by atoms with Crippen molar-refractivity contribution in [1.29, 1.82) is 0 Å². The molecule has 1 N–H and O–H groups in total. The van der Waals surface area contributed by atoms with E-state index in [0.29, 0.717) is 48.1 Å². The van der Waals surface area contributed by atoms with Crippen molar-refractivity contribution in [3.63, 3.8) is 0 Å². The van der Waals surface area contributed by atoms with Gasteiger partial charge in [0.15, 0.2) is 17.3 Å². The lowest BCUT2D eigenvalue weighted by molar-refractivity contribution is 0.0794. The number of amides is 2. The second-order valence-electron chi connectivity index (χ2n) is 7.07. The van der Waals surface area contributed by atoms with E-state index >= 15 is 0 Å². The quantitative estimate of drug-likeness (QED) is 0.496. The monoisotopic (exact) mass is 454 g/mol. The number of nitrogens with one attached hydrogen (secondary N) is 1. The molecule has 0 radical (unpaired) electrons. The van der Waals surface area contributed by atoms with Crippen LogP contribution in [-0.4, -0.2) is 61.8 Å². The van der Waals surface area contributed by atoms with Crippen LogP contribution in [0.4, 0.5) is 0 Å².